The number of fused-ring (bicyclic) bond motifs is 1. The quantitative estimate of drug-likeness (QED) is 0.356. The fourth-order valence-electron chi connectivity index (χ4n) is 3.09. The molecular formula is C20H14N10. The molecule has 0 aliphatic heterocycles. The Morgan fingerprint density at radius 1 is 1.07 bits per heavy atom. The molecule has 5 rings (SSSR count). The van der Waals surface area contributed by atoms with Crippen LogP contribution in [0.4, 0.5) is 17.2 Å². The molecular weight excluding hydrogens is 380 g/mol. The first-order valence-corrected chi connectivity index (χ1v) is 9.03. The van der Waals surface area contributed by atoms with Gasteiger partial charge in [0, 0.05) is 11.8 Å². The van der Waals surface area contributed by atoms with Gasteiger partial charge in [-0.15, -0.1) is 10.2 Å². The molecule has 0 bridgehead atoms. The zero-order chi connectivity index (χ0) is 20.5. The second kappa shape index (κ2) is 7.06. The van der Waals surface area contributed by atoms with Crippen molar-refractivity contribution in [2.45, 2.75) is 6.92 Å². The molecule has 5 aromatic rings. The first kappa shape index (κ1) is 17.4. The molecule has 1 aromatic carbocycles. The van der Waals surface area contributed by atoms with Crippen LogP contribution in [0.1, 0.15) is 5.69 Å². The molecule has 30 heavy (non-hydrogen) atoms. The summed E-state index contributed by atoms with van der Waals surface area (Å²) in [5.74, 6) is 0.997. The Bertz CT molecular complexity index is 1400. The number of azo groups is 1. The van der Waals surface area contributed by atoms with E-state index in [1.54, 1.807) is 23.0 Å². The molecule has 0 spiro atoms. The third-order valence-electron chi connectivity index (χ3n) is 4.51. The second-order valence-corrected chi connectivity index (χ2v) is 6.40. The van der Waals surface area contributed by atoms with Crippen molar-refractivity contribution in [3.8, 4) is 17.1 Å². The molecule has 0 aliphatic rings. The minimum atomic E-state index is 0.290. The second-order valence-electron chi connectivity index (χ2n) is 6.40. The number of aryl methyl sites for hydroxylation is 1. The smallest absolute Gasteiger partial charge is 0.252 e. The van der Waals surface area contributed by atoms with Crippen LogP contribution in [0, 0.1) is 13.5 Å². The van der Waals surface area contributed by atoms with Crippen molar-refractivity contribution in [3.05, 3.63) is 78.2 Å². The average molecular weight is 394 g/mol. The molecule has 10 nitrogen and oxygen atoms in total. The lowest BCUT2D eigenvalue weighted by molar-refractivity contribution is 0.864. The Hall–Kier alpha value is -4.65. The van der Waals surface area contributed by atoms with Crippen LogP contribution in [-0.2, 0) is 0 Å². The molecule has 0 unspecified atom stereocenters. The molecule has 0 fully saturated rings. The maximum absolute atomic E-state index is 7.41. The zero-order valence-corrected chi connectivity index (χ0v) is 15.8. The van der Waals surface area contributed by atoms with E-state index in [4.69, 9.17) is 6.57 Å². The van der Waals surface area contributed by atoms with Crippen LogP contribution in [0.25, 0.3) is 27.6 Å². The van der Waals surface area contributed by atoms with Gasteiger partial charge in [-0.3, -0.25) is 10.1 Å². The highest BCUT2D eigenvalue weighted by Gasteiger charge is 2.17. The number of hydrogen-bond acceptors (Lipinski definition) is 6. The minimum Gasteiger partial charge on any atom is -0.262 e. The van der Waals surface area contributed by atoms with E-state index in [1.807, 2.05) is 43.3 Å². The largest absolute Gasteiger partial charge is 0.262 e. The Morgan fingerprint density at radius 3 is 2.70 bits per heavy atom. The highest BCUT2D eigenvalue weighted by atomic mass is 15.4. The van der Waals surface area contributed by atoms with Crippen LogP contribution in [0.3, 0.4) is 0 Å². The summed E-state index contributed by atoms with van der Waals surface area (Å²) in [5.41, 5.74) is 3.75. The highest BCUT2D eigenvalue weighted by molar-refractivity contribution is 5.71. The van der Waals surface area contributed by atoms with Crippen LogP contribution < -0.4 is 0 Å². The third kappa shape index (κ3) is 2.82. The highest BCUT2D eigenvalue weighted by Crippen LogP contribution is 2.33. The molecule has 144 valence electrons. The number of H-pyrrole nitrogens is 1. The van der Waals surface area contributed by atoms with Crippen LogP contribution in [0.2, 0.25) is 0 Å². The SMILES string of the molecule is [C-]#[N+]c1cnn(-c2cccnc2)c1/N=N/c1c(C)nn2c(-c3ccccc3)n[nH]c12. The van der Waals surface area contributed by atoms with Crippen LogP contribution in [0.5, 0.6) is 0 Å². The van der Waals surface area contributed by atoms with Crippen molar-refractivity contribution in [2.75, 3.05) is 0 Å². The Balaban J connectivity index is 1.59. The lowest BCUT2D eigenvalue weighted by Crippen LogP contribution is -1.95. The van der Waals surface area contributed by atoms with Gasteiger partial charge in [0.15, 0.2) is 23.0 Å². The van der Waals surface area contributed by atoms with Crippen molar-refractivity contribution in [2.24, 2.45) is 10.2 Å². The van der Waals surface area contributed by atoms with Crippen molar-refractivity contribution >= 4 is 22.8 Å². The van der Waals surface area contributed by atoms with Gasteiger partial charge in [0.1, 0.15) is 0 Å². The minimum absolute atomic E-state index is 0.290. The summed E-state index contributed by atoms with van der Waals surface area (Å²) in [6.45, 7) is 9.25. The standard InChI is InChI=1S/C20H14N10/c1-13-17(20-27-25-18(30(20)28-13)14-7-4-3-5-8-14)24-26-19-16(21-2)12-23-29(19)15-9-6-10-22-11-15/h3-12,27H,1H3/b26-24+. The summed E-state index contributed by atoms with van der Waals surface area (Å²) >= 11 is 0. The zero-order valence-electron chi connectivity index (χ0n) is 15.8. The first-order valence-electron chi connectivity index (χ1n) is 9.03. The van der Waals surface area contributed by atoms with E-state index in [-0.39, 0.29) is 0 Å². The van der Waals surface area contributed by atoms with E-state index in [1.165, 1.54) is 10.9 Å². The Labute approximate surface area is 170 Å². The third-order valence-corrected chi connectivity index (χ3v) is 4.51. The summed E-state index contributed by atoms with van der Waals surface area (Å²) < 4.78 is 3.23. The maximum Gasteiger partial charge on any atom is 0.252 e. The number of nitrogens with zero attached hydrogens (tertiary/aromatic N) is 9. The van der Waals surface area contributed by atoms with Gasteiger partial charge in [0.25, 0.3) is 5.69 Å². The van der Waals surface area contributed by atoms with Gasteiger partial charge >= 0.3 is 0 Å². The lowest BCUT2D eigenvalue weighted by Gasteiger charge is -2.02. The number of aromatic nitrogens is 7. The van der Waals surface area contributed by atoms with E-state index in [0.29, 0.717) is 40.0 Å². The molecule has 4 aromatic heterocycles. The molecule has 0 amide bonds. The predicted molar refractivity (Wildman–Crippen MR) is 109 cm³/mol. The van der Waals surface area contributed by atoms with Crippen LogP contribution >= 0.6 is 0 Å². The number of pyridine rings is 1. The monoisotopic (exact) mass is 394 g/mol. The fourth-order valence-corrected chi connectivity index (χ4v) is 3.09. The summed E-state index contributed by atoms with van der Waals surface area (Å²) in [4.78, 5) is 7.59. The number of rotatable bonds is 4. The molecule has 10 heteroatoms. The normalized spacial score (nSPS) is 11.3. The topological polar surface area (TPSA) is 106 Å². The van der Waals surface area contributed by atoms with Gasteiger partial charge in [-0.05, 0) is 19.1 Å². The van der Waals surface area contributed by atoms with Crippen molar-refractivity contribution in [3.63, 3.8) is 0 Å². The van der Waals surface area contributed by atoms with E-state index < -0.39 is 0 Å². The Morgan fingerprint density at radius 2 is 1.93 bits per heavy atom. The van der Waals surface area contributed by atoms with Gasteiger partial charge in [-0.25, -0.2) is 9.53 Å². The van der Waals surface area contributed by atoms with Crippen LogP contribution in [0.15, 0.2) is 71.3 Å². The predicted octanol–water partition coefficient (Wildman–Crippen LogP) is 4.58. The maximum atomic E-state index is 7.41. The van der Waals surface area contributed by atoms with Gasteiger partial charge in [-0.2, -0.15) is 19.8 Å². The lowest BCUT2D eigenvalue weighted by atomic mass is 10.2. The number of aromatic amines is 1. The van der Waals surface area contributed by atoms with Crippen molar-refractivity contribution in [1.29, 1.82) is 0 Å². The van der Waals surface area contributed by atoms with Gasteiger partial charge < -0.3 is 0 Å². The van der Waals surface area contributed by atoms with E-state index in [2.05, 4.69) is 40.5 Å². The summed E-state index contributed by atoms with van der Waals surface area (Å²) in [6.07, 6.45) is 4.77. The van der Waals surface area contributed by atoms with Gasteiger partial charge in [0.05, 0.1) is 30.3 Å². The fraction of sp³-hybridized carbons (Fsp3) is 0.0500. The Kier molecular flexibility index (Phi) is 4.11. The molecule has 0 atom stereocenters. The van der Waals surface area contributed by atoms with E-state index in [9.17, 15) is 0 Å². The van der Waals surface area contributed by atoms with Crippen molar-refractivity contribution < 1.29 is 0 Å². The molecule has 0 saturated heterocycles. The summed E-state index contributed by atoms with van der Waals surface area (Å²) in [5, 5.41) is 24.9. The summed E-state index contributed by atoms with van der Waals surface area (Å²) in [7, 11) is 0. The molecule has 0 aliphatic carbocycles. The summed E-state index contributed by atoms with van der Waals surface area (Å²) in [6, 6.07) is 13.4. The molecule has 4 heterocycles. The van der Waals surface area contributed by atoms with E-state index >= 15 is 0 Å². The van der Waals surface area contributed by atoms with Gasteiger partial charge in [0.2, 0.25) is 0 Å². The first-order chi connectivity index (χ1) is 14.8. The molecule has 0 radical (unpaired) electrons. The number of nitrogens with one attached hydrogen (secondary N) is 1. The van der Waals surface area contributed by atoms with E-state index in [0.717, 1.165) is 5.56 Å². The number of benzene rings is 1. The molecule has 0 saturated carbocycles. The van der Waals surface area contributed by atoms with Crippen molar-refractivity contribution in [1.82, 2.24) is 34.6 Å². The van der Waals surface area contributed by atoms with Gasteiger partial charge in [-0.1, -0.05) is 30.3 Å². The average Bonchev–Trinajstić information content (AvgIpc) is 3.47. The van der Waals surface area contributed by atoms with Crippen LogP contribution in [-0.4, -0.2) is 34.6 Å². The number of hydrogen-bond donors (Lipinski definition) is 1. The molecule has 1 N–H and O–H groups in total.